The molecule has 7 heteroatoms. The molecule has 21 heavy (non-hydrogen) atoms. The predicted octanol–water partition coefficient (Wildman–Crippen LogP) is 0.435. The maximum Gasteiger partial charge on any atom is 0.331 e. The lowest BCUT2D eigenvalue weighted by molar-refractivity contribution is -0.171. The van der Waals surface area contributed by atoms with Crippen LogP contribution >= 0.6 is 0 Å². The lowest BCUT2D eigenvalue weighted by atomic mass is 10.0. The molecule has 0 rings (SSSR count). The molecule has 0 saturated heterocycles. The van der Waals surface area contributed by atoms with Gasteiger partial charge >= 0.3 is 11.9 Å². The minimum atomic E-state index is -0.758. The normalized spacial score (nSPS) is 13.7. The fourth-order valence-corrected chi connectivity index (χ4v) is 1.77. The van der Waals surface area contributed by atoms with Gasteiger partial charge in [0.1, 0.15) is 12.1 Å². The maximum atomic E-state index is 11.8. The van der Waals surface area contributed by atoms with Gasteiger partial charge in [-0.1, -0.05) is 27.7 Å². The summed E-state index contributed by atoms with van der Waals surface area (Å²) in [6, 6.07) is -1.22. The van der Waals surface area contributed by atoms with Crippen LogP contribution < -0.4 is 10.6 Å². The van der Waals surface area contributed by atoms with Crippen molar-refractivity contribution in [2.45, 2.75) is 46.7 Å². The summed E-state index contributed by atoms with van der Waals surface area (Å²) in [6.45, 7) is 8.17. The third kappa shape index (κ3) is 7.08. The van der Waals surface area contributed by atoms with Crippen LogP contribution in [0.2, 0.25) is 0 Å². The molecule has 2 N–H and O–H groups in total. The van der Waals surface area contributed by atoms with Gasteiger partial charge in [-0.2, -0.15) is 0 Å². The summed E-state index contributed by atoms with van der Waals surface area (Å²) in [5, 5.41) is 5.34. The zero-order chi connectivity index (χ0) is 16.6. The monoisotopic (exact) mass is 302 g/mol. The van der Waals surface area contributed by atoms with Crippen molar-refractivity contribution in [3.8, 4) is 0 Å². The van der Waals surface area contributed by atoms with Crippen LogP contribution in [0.4, 0.5) is 0 Å². The van der Waals surface area contributed by atoms with Crippen LogP contribution in [0.25, 0.3) is 0 Å². The van der Waals surface area contributed by atoms with Crippen LogP contribution in [0.1, 0.15) is 34.6 Å². The summed E-state index contributed by atoms with van der Waals surface area (Å²) in [4.78, 5) is 34.6. The van der Waals surface area contributed by atoms with E-state index >= 15 is 0 Å². The highest BCUT2D eigenvalue weighted by atomic mass is 16.7. The number of ether oxygens (including phenoxy) is 2. The maximum absolute atomic E-state index is 11.8. The molecule has 7 nitrogen and oxygen atoms in total. The van der Waals surface area contributed by atoms with Crippen molar-refractivity contribution in [2.75, 3.05) is 13.8 Å². The number of nitrogens with one attached hydrogen (secondary N) is 2. The van der Waals surface area contributed by atoms with E-state index in [-0.39, 0.29) is 17.7 Å². The van der Waals surface area contributed by atoms with Crippen molar-refractivity contribution in [3.05, 3.63) is 0 Å². The van der Waals surface area contributed by atoms with Gasteiger partial charge in [-0.05, 0) is 18.9 Å². The topological polar surface area (TPSA) is 93.7 Å². The van der Waals surface area contributed by atoms with Crippen molar-refractivity contribution in [1.29, 1.82) is 0 Å². The first-order chi connectivity index (χ1) is 9.70. The summed E-state index contributed by atoms with van der Waals surface area (Å²) in [5.74, 6) is -1.50. The molecule has 0 heterocycles. The van der Waals surface area contributed by atoms with Crippen LogP contribution in [0.3, 0.4) is 0 Å². The molecule has 0 aromatic rings. The summed E-state index contributed by atoms with van der Waals surface area (Å²) in [5.41, 5.74) is 0. The Balaban J connectivity index is 4.35. The largest absolute Gasteiger partial charge is 0.427 e. The van der Waals surface area contributed by atoms with E-state index in [4.69, 9.17) is 9.47 Å². The Bertz CT molecular complexity index is 368. The van der Waals surface area contributed by atoms with Crippen LogP contribution in [0.15, 0.2) is 0 Å². The van der Waals surface area contributed by atoms with Gasteiger partial charge < -0.3 is 20.1 Å². The molecule has 0 aromatic carbocycles. The molecular weight excluding hydrogens is 276 g/mol. The minimum Gasteiger partial charge on any atom is -0.427 e. The van der Waals surface area contributed by atoms with Gasteiger partial charge in [-0.3, -0.25) is 9.59 Å². The smallest absolute Gasteiger partial charge is 0.331 e. The van der Waals surface area contributed by atoms with Gasteiger partial charge in [0.05, 0.1) is 0 Å². The Morgan fingerprint density at radius 1 is 0.905 bits per heavy atom. The molecule has 122 valence electrons. The molecule has 1 amide bonds. The number of carbonyl (C=O) groups excluding carboxylic acids is 3. The van der Waals surface area contributed by atoms with E-state index < -0.39 is 30.8 Å². The highest BCUT2D eigenvalue weighted by molar-refractivity contribution is 5.83. The van der Waals surface area contributed by atoms with Crippen LogP contribution in [-0.4, -0.2) is 43.8 Å². The molecule has 0 unspecified atom stereocenters. The molecule has 0 aliphatic rings. The minimum absolute atomic E-state index is 0.0565. The van der Waals surface area contributed by atoms with Crippen molar-refractivity contribution < 1.29 is 23.9 Å². The van der Waals surface area contributed by atoms with Gasteiger partial charge in [0.2, 0.25) is 12.7 Å². The average molecular weight is 302 g/mol. The van der Waals surface area contributed by atoms with Crippen LogP contribution in [0.5, 0.6) is 0 Å². The number of amides is 1. The fourth-order valence-electron chi connectivity index (χ4n) is 1.77. The first-order valence-electron chi connectivity index (χ1n) is 6.98. The summed E-state index contributed by atoms with van der Waals surface area (Å²) < 4.78 is 9.79. The molecule has 0 aromatic heterocycles. The van der Waals surface area contributed by atoms with Crippen molar-refractivity contribution in [2.24, 2.45) is 11.8 Å². The van der Waals surface area contributed by atoms with Gasteiger partial charge in [0.25, 0.3) is 0 Å². The molecule has 0 spiro atoms. The molecule has 2 atom stereocenters. The highest BCUT2D eigenvalue weighted by Gasteiger charge is 2.26. The number of carbonyl (C=O) groups is 3. The van der Waals surface area contributed by atoms with Gasteiger partial charge in [-0.15, -0.1) is 0 Å². The Hall–Kier alpha value is -1.63. The van der Waals surface area contributed by atoms with E-state index in [9.17, 15) is 14.4 Å². The fraction of sp³-hybridized carbons (Fsp3) is 0.786. The Morgan fingerprint density at radius 3 is 1.67 bits per heavy atom. The third-order valence-corrected chi connectivity index (χ3v) is 2.91. The molecule has 0 aliphatic carbocycles. The zero-order valence-electron chi connectivity index (χ0n) is 13.6. The average Bonchev–Trinajstić information content (AvgIpc) is 2.35. The summed E-state index contributed by atoms with van der Waals surface area (Å²) in [7, 11) is 1.66. The van der Waals surface area contributed by atoms with Crippen LogP contribution in [-0.2, 0) is 23.9 Å². The second-order valence-electron chi connectivity index (χ2n) is 5.48. The van der Waals surface area contributed by atoms with Crippen LogP contribution in [0, 0.1) is 11.8 Å². The van der Waals surface area contributed by atoms with E-state index in [2.05, 4.69) is 10.6 Å². The van der Waals surface area contributed by atoms with Crippen molar-refractivity contribution in [3.63, 3.8) is 0 Å². The second-order valence-corrected chi connectivity index (χ2v) is 5.48. The van der Waals surface area contributed by atoms with Crippen molar-refractivity contribution >= 4 is 17.8 Å². The quantitative estimate of drug-likeness (QED) is 0.499. The lowest BCUT2D eigenvalue weighted by Gasteiger charge is -2.21. The lowest BCUT2D eigenvalue weighted by Crippen LogP contribution is -2.45. The number of rotatable bonds is 8. The third-order valence-electron chi connectivity index (χ3n) is 2.91. The summed E-state index contributed by atoms with van der Waals surface area (Å²) in [6.07, 6.45) is 0. The van der Waals surface area contributed by atoms with E-state index in [1.165, 1.54) is 6.92 Å². The van der Waals surface area contributed by atoms with E-state index in [0.29, 0.717) is 0 Å². The number of hydrogen-bond donors (Lipinski definition) is 2. The number of likely N-dealkylation sites (N-methyl/N-ethyl adjacent to an activating group) is 1. The standard InChI is InChI=1S/C14H26N2O5/c1-8(2)11(15-6)13(18)20-7-21-14(19)12(9(3)4)16-10(5)17/h8-9,11-12,15H,7H2,1-6H3,(H,16,17)/t11-,12-/m0/s1. The van der Waals surface area contributed by atoms with Gasteiger partial charge in [0.15, 0.2) is 0 Å². The van der Waals surface area contributed by atoms with E-state index in [1.54, 1.807) is 20.9 Å². The first-order valence-corrected chi connectivity index (χ1v) is 6.98. The molecule has 0 saturated carbocycles. The van der Waals surface area contributed by atoms with Gasteiger partial charge in [0, 0.05) is 6.92 Å². The Labute approximate surface area is 125 Å². The Kier molecular flexibility index (Phi) is 8.61. The number of esters is 2. The summed E-state index contributed by atoms with van der Waals surface area (Å²) >= 11 is 0. The van der Waals surface area contributed by atoms with E-state index in [1.807, 2.05) is 13.8 Å². The molecule has 0 aliphatic heterocycles. The molecule has 0 fully saturated rings. The van der Waals surface area contributed by atoms with E-state index in [0.717, 1.165) is 0 Å². The second kappa shape index (κ2) is 9.33. The molecule has 0 radical (unpaired) electrons. The van der Waals surface area contributed by atoms with Crippen molar-refractivity contribution in [1.82, 2.24) is 10.6 Å². The SMILES string of the molecule is CN[C@H](C(=O)OCOC(=O)[C@@H](NC(C)=O)C(C)C)C(C)C. The highest BCUT2D eigenvalue weighted by Crippen LogP contribution is 2.06. The Morgan fingerprint density at radius 2 is 1.33 bits per heavy atom. The first kappa shape index (κ1) is 19.4. The zero-order valence-corrected chi connectivity index (χ0v) is 13.6. The number of hydrogen-bond acceptors (Lipinski definition) is 6. The predicted molar refractivity (Wildman–Crippen MR) is 77.2 cm³/mol. The molecular formula is C14H26N2O5. The van der Waals surface area contributed by atoms with Gasteiger partial charge in [-0.25, -0.2) is 4.79 Å². The molecule has 0 bridgehead atoms.